The Balaban J connectivity index is 1.69. The monoisotopic (exact) mass is 367 g/mol. The number of aromatic amines is 1. The number of carbonyl (C=O) groups excluding carboxylic acids is 1. The molecule has 0 saturated carbocycles. The minimum absolute atomic E-state index is 0.101. The van der Waals surface area contributed by atoms with E-state index in [9.17, 15) is 9.59 Å². The molecule has 1 aromatic carbocycles. The maximum atomic E-state index is 12.9. The second kappa shape index (κ2) is 7.00. The molecule has 140 valence electrons. The van der Waals surface area contributed by atoms with Gasteiger partial charge in [-0.1, -0.05) is 0 Å². The van der Waals surface area contributed by atoms with E-state index in [1.165, 1.54) is 4.68 Å². The van der Waals surface area contributed by atoms with Gasteiger partial charge < -0.3 is 9.47 Å². The predicted molar refractivity (Wildman–Crippen MR) is 100 cm³/mol. The van der Waals surface area contributed by atoms with Crippen molar-refractivity contribution in [2.24, 2.45) is 7.05 Å². The Morgan fingerprint density at radius 3 is 2.96 bits per heavy atom. The van der Waals surface area contributed by atoms with Crippen molar-refractivity contribution in [1.82, 2.24) is 14.8 Å². The minimum atomic E-state index is -0.335. The molecule has 3 heterocycles. The number of aryl methyl sites for hydroxylation is 2. The molecule has 2 aromatic heterocycles. The number of fused-ring (bicyclic) bond motifs is 1. The SMILES string of the molecule is Cc1[nH]n(C)c(=O)c1C(=O)c1ccc2nccc(OCC3CCCO3)c2c1. The van der Waals surface area contributed by atoms with Crippen LogP contribution in [0.3, 0.4) is 0 Å². The molecule has 7 heteroatoms. The van der Waals surface area contributed by atoms with Gasteiger partial charge >= 0.3 is 0 Å². The number of rotatable bonds is 5. The van der Waals surface area contributed by atoms with E-state index in [1.54, 1.807) is 44.4 Å². The van der Waals surface area contributed by atoms with Crippen molar-refractivity contribution in [3.63, 3.8) is 0 Å². The molecular weight excluding hydrogens is 346 g/mol. The van der Waals surface area contributed by atoms with Crippen molar-refractivity contribution in [3.05, 3.63) is 57.6 Å². The summed E-state index contributed by atoms with van der Waals surface area (Å²) in [6, 6.07) is 6.98. The van der Waals surface area contributed by atoms with E-state index in [1.807, 2.05) is 0 Å². The van der Waals surface area contributed by atoms with E-state index in [4.69, 9.17) is 9.47 Å². The summed E-state index contributed by atoms with van der Waals surface area (Å²) in [6.07, 6.45) is 3.82. The lowest BCUT2D eigenvalue weighted by atomic mass is 10.0. The van der Waals surface area contributed by atoms with Crippen LogP contribution < -0.4 is 10.3 Å². The van der Waals surface area contributed by atoms with Gasteiger partial charge in [-0.15, -0.1) is 0 Å². The third-order valence-electron chi connectivity index (χ3n) is 4.87. The fourth-order valence-electron chi connectivity index (χ4n) is 3.44. The Morgan fingerprint density at radius 1 is 1.41 bits per heavy atom. The van der Waals surface area contributed by atoms with Crippen molar-refractivity contribution in [2.75, 3.05) is 13.2 Å². The van der Waals surface area contributed by atoms with Crippen molar-refractivity contribution in [1.29, 1.82) is 0 Å². The normalized spacial score (nSPS) is 16.7. The number of carbonyl (C=O) groups is 1. The first-order valence-electron chi connectivity index (χ1n) is 8.98. The first kappa shape index (κ1) is 17.5. The van der Waals surface area contributed by atoms with E-state index < -0.39 is 0 Å². The number of nitrogens with one attached hydrogen (secondary N) is 1. The Labute approximate surface area is 155 Å². The molecule has 0 amide bonds. The highest BCUT2D eigenvalue weighted by Crippen LogP contribution is 2.27. The average molecular weight is 367 g/mol. The summed E-state index contributed by atoms with van der Waals surface area (Å²) in [6.45, 7) is 2.96. The first-order chi connectivity index (χ1) is 13.0. The molecule has 1 unspecified atom stereocenters. The van der Waals surface area contributed by atoms with Crippen LogP contribution >= 0.6 is 0 Å². The number of pyridine rings is 1. The zero-order valence-electron chi connectivity index (χ0n) is 15.3. The van der Waals surface area contributed by atoms with Gasteiger partial charge in [0.05, 0.1) is 11.6 Å². The maximum Gasteiger partial charge on any atom is 0.277 e. The number of H-pyrrole nitrogens is 1. The molecule has 1 saturated heterocycles. The molecule has 0 radical (unpaired) electrons. The Kier molecular flexibility index (Phi) is 4.53. The average Bonchev–Trinajstić information content (AvgIpc) is 3.27. The van der Waals surface area contributed by atoms with Crippen molar-refractivity contribution in [2.45, 2.75) is 25.9 Å². The van der Waals surface area contributed by atoms with Gasteiger partial charge in [0.15, 0.2) is 5.78 Å². The van der Waals surface area contributed by atoms with Crippen LogP contribution in [-0.4, -0.2) is 39.9 Å². The topological polar surface area (TPSA) is 86.2 Å². The van der Waals surface area contributed by atoms with Gasteiger partial charge in [0.2, 0.25) is 0 Å². The van der Waals surface area contributed by atoms with Crippen LogP contribution in [0, 0.1) is 6.92 Å². The standard InChI is InChI=1S/C20H21N3O4/c1-12-18(20(25)23(2)22-12)19(24)13-5-6-16-15(10-13)17(7-8-21-16)27-11-14-4-3-9-26-14/h5-8,10,14,22H,3-4,9,11H2,1-2H3. The van der Waals surface area contributed by atoms with Gasteiger partial charge in [0.1, 0.15) is 17.9 Å². The summed E-state index contributed by atoms with van der Waals surface area (Å²) < 4.78 is 12.9. The van der Waals surface area contributed by atoms with E-state index in [0.29, 0.717) is 23.6 Å². The Hall–Kier alpha value is -2.93. The van der Waals surface area contributed by atoms with E-state index in [-0.39, 0.29) is 23.0 Å². The zero-order valence-corrected chi connectivity index (χ0v) is 15.3. The predicted octanol–water partition coefficient (Wildman–Crippen LogP) is 2.36. The summed E-state index contributed by atoms with van der Waals surface area (Å²) in [4.78, 5) is 29.5. The maximum absolute atomic E-state index is 12.9. The summed E-state index contributed by atoms with van der Waals surface area (Å²) in [5.41, 5.74) is 1.53. The molecule has 4 rings (SSSR count). The van der Waals surface area contributed by atoms with Crippen LogP contribution in [0.1, 0.15) is 34.5 Å². The molecule has 1 aliphatic rings. The van der Waals surface area contributed by atoms with Gasteiger partial charge in [-0.25, -0.2) is 0 Å². The van der Waals surface area contributed by atoms with Crippen LogP contribution in [0.4, 0.5) is 0 Å². The smallest absolute Gasteiger partial charge is 0.277 e. The lowest BCUT2D eigenvalue weighted by Gasteiger charge is -2.13. The van der Waals surface area contributed by atoms with E-state index >= 15 is 0 Å². The quantitative estimate of drug-likeness (QED) is 0.700. The summed E-state index contributed by atoms with van der Waals surface area (Å²) in [5.74, 6) is 0.342. The lowest BCUT2D eigenvalue weighted by Crippen LogP contribution is -2.19. The fourth-order valence-corrected chi connectivity index (χ4v) is 3.44. The zero-order chi connectivity index (χ0) is 19.0. The van der Waals surface area contributed by atoms with Crippen LogP contribution in [0.2, 0.25) is 0 Å². The molecule has 27 heavy (non-hydrogen) atoms. The molecule has 1 N–H and O–H groups in total. The minimum Gasteiger partial charge on any atom is -0.490 e. The lowest BCUT2D eigenvalue weighted by molar-refractivity contribution is 0.0684. The van der Waals surface area contributed by atoms with Crippen LogP contribution in [0.25, 0.3) is 10.9 Å². The molecule has 0 spiro atoms. The fraction of sp³-hybridized carbons (Fsp3) is 0.350. The second-order valence-electron chi connectivity index (χ2n) is 6.79. The highest BCUT2D eigenvalue weighted by atomic mass is 16.5. The van der Waals surface area contributed by atoms with Gasteiger partial charge in [0, 0.05) is 36.5 Å². The van der Waals surface area contributed by atoms with Crippen molar-refractivity contribution >= 4 is 16.7 Å². The molecular formula is C20H21N3O4. The molecule has 0 bridgehead atoms. The van der Waals surface area contributed by atoms with Gasteiger partial charge in [-0.05, 0) is 44.0 Å². The number of ketones is 1. The molecule has 1 atom stereocenters. The number of ether oxygens (including phenoxy) is 2. The number of benzene rings is 1. The third-order valence-corrected chi connectivity index (χ3v) is 4.87. The van der Waals surface area contributed by atoms with Gasteiger partial charge in [-0.3, -0.25) is 24.4 Å². The molecule has 1 aliphatic heterocycles. The number of nitrogens with zero attached hydrogens (tertiary/aromatic N) is 2. The summed E-state index contributed by atoms with van der Waals surface area (Å²) in [5, 5.41) is 3.60. The van der Waals surface area contributed by atoms with E-state index in [0.717, 1.165) is 30.4 Å². The number of aromatic nitrogens is 3. The largest absolute Gasteiger partial charge is 0.490 e. The molecule has 1 fully saturated rings. The van der Waals surface area contributed by atoms with Crippen molar-refractivity contribution < 1.29 is 14.3 Å². The molecule has 0 aliphatic carbocycles. The summed E-state index contributed by atoms with van der Waals surface area (Å²) >= 11 is 0. The molecule has 7 nitrogen and oxygen atoms in total. The Morgan fingerprint density at radius 2 is 2.26 bits per heavy atom. The molecule has 3 aromatic rings. The third kappa shape index (κ3) is 3.26. The van der Waals surface area contributed by atoms with Gasteiger partial charge in [0.25, 0.3) is 5.56 Å². The van der Waals surface area contributed by atoms with Gasteiger partial charge in [-0.2, -0.15) is 0 Å². The highest BCUT2D eigenvalue weighted by molar-refractivity contribution is 6.11. The van der Waals surface area contributed by atoms with E-state index in [2.05, 4.69) is 10.1 Å². The first-order valence-corrected chi connectivity index (χ1v) is 8.98. The Bertz CT molecular complexity index is 1060. The van der Waals surface area contributed by atoms with Crippen LogP contribution in [0.15, 0.2) is 35.3 Å². The van der Waals surface area contributed by atoms with Crippen LogP contribution in [-0.2, 0) is 11.8 Å². The summed E-state index contributed by atoms with van der Waals surface area (Å²) in [7, 11) is 1.59. The highest BCUT2D eigenvalue weighted by Gasteiger charge is 2.21. The van der Waals surface area contributed by atoms with Crippen molar-refractivity contribution in [3.8, 4) is 5.75 Å². The van der Waals surface area contributed by atoms with Crippen LogP contribution in [0.5, 0.6) is 5.75 Å². The number of hydrogen-bond acceptors (Lipinski definition) is 5. The number of hydrogen-bond donors (Lipinski definition) is 1. The second-order valence-corrected chi connectivity index (χ2v) is 6.79.